The molecule has 11 atom stereocenters. The largest absolute Gasteiger partial charge is 0.465 e. The number of aliphatic hydroxyl groups excluding tert-OH is 2. The number of carbonyl (C=O) groups excluding carboxylic acids is 1. The molecule has 5 fully saturated rings. The van der Waals surface area contributed by atoms with E-state index < -0.39 is 11.5 Å². The molecule has 0 aromatic carbocycles. The Bertz CT molecular complexity index is 945. The zero-order valence-corrected chi connectivity index (χ0v) is 25.3. The third-order valence-electron chi connectivity index (χ3n) is 14.3. The van der Waals surface area contributed by atoms with Crippen LogP contribution in [0.1, 0.15) is 119 Å². The number of rotatable bonds is 6. The van der Waals surface area contributed by atoms with E-state index in [1.54, 1.807) is 0 Å². The van der Waals surface area contributed by atoms with Crippen LogP contribution >= 0.6 is 0 Å². The lowest BCUT2D eigenvalue weighted by Crippen LogP contribution is -2.67. The van der Waals surface area contributed by atoms with Crippen LogP contribution in [-0.2, 0) is 9.53 Å². The first-order chi connectivity index (χ1) is 17.9. The Morgan fingerprint density at radius 3 is 2.32 bits per heavy atom. The molecule has 5 aliphatic rings. The molecule has 5 saturated carbocycles. The second-order valence-electron chi connectivity index (χ2n) is 15.5. The van der Waals surface area contributed by atoms with Gasteiger partial charge in [-0.3, -0.25) is 4.79 Å². The molecule has 5 aliphatic carbocycles. The molecule has 0 aliphatic heterocycles. The average Bonchev–Trinajstić information content (AvgIpc) is 3.28. The molecule has 2 N–H and O–H groups in total. The summed E-state index contributed by atoms with van der Waals surface area (Å²) < 4.78 is 6.02. The van der Waals surface area contributed by atoms with Crippen LogP contribution in [-0.4, -0.2) is 35.5 Å². The fraction of sp³-hybridized carbons (Fsp3) is 0.912. The van der Waals surface area contributed by atoms with Gasteiger partial charge in [0.15, 0.2) is 0 Å². The van der Waals surface area contributed by atoms with E-state index in [0.29, 0.717) is 36.2 Å². The summed E-state index contributed by atoms with van der Waals surface area (Å²) in [6.07, 6.45) is 12.1. The minimum Gasteiger partial charge on any atom is -0.465 e. The monoisotopic (exact) mass is 528 g/mol. The minimum atomic E-state index is -0.411. The van der Waals surface area contributed by atoms with Crippen molar-refractivity contribution < 1.29 is 19.7 Å². The van der Waals surface area contributed by atoms with Gasteiger partial charge >= 0.3 is 5.97 Å². The lowest BCUT2D eigenvalue weighted by atomic mass is 9.32. The van der Waals surface area contributed by atoms with Crippen molar-refractivity contribution in [3.63, 3.8) is 0 Å². The molecule has 0 radical (unpaired) electrons. The van der Waals surface area contributed by atoms with Crippen molar-refractivity contribution in [3.8, 4) is 0 Å². The number of carbonyl (C=O) groups is 1. The van der Waals surface area contributed by atoms with Crippen LogP contribution < -0.4 is 0 Å². The van der Waals surface area contributed by atoms with Crippen molar-refractivity contribution >= 4 is 5.97 Å². The Labute approximate surface area is 232 Å². The third-order valence-corrected chi connectivity index (χ3v) is 14.3. The molecule has 0 heterocycles. The fourth-order valence-electron chi connectivity index (χ4n) is 12.0. The first-order valence-electron chi connectivity index (χ1n) is 16.0. The topological polar surface area (TPSA) is 66.8 Å². The van der Waals surface area contributed by atoms with Crippen molar-refractivity contribution in [2.45, 2.75) is 125 Å². The summed E-state index contributed by atoms with van der Waals surface area (Å²) in [5, 5.41) is 21.5. The van der Waals surface area contributed by atoms with Gasteiger partial charge in [-0.2, -0.15) is 0 Å². The Morgan fingerprint density at radius 2 is 1.66 bits per heavy atom. The maximum absolute atomic E-state index is 13.9. The van der Waals surface area contributed by atoms with Gasteiger partial charge in [-0.05, 0) is 123 Å². The van der Waals surface area contributed by atoms with Gasteiger partial charge in [0.1, 0.15) is 0 Å². The van der Waals surface area contributed by atoms with Crippen molar-refractivity contribution in [3.05, 3.63) is 12.2 Å². The predicted molar refractivity (Wildman–Crippen MR) is 152 cm³/mol. The highest BCUT2D eigenvalue weighted by atomic mass is 16.5. The van der Waals surface area contributed by atoms with Gasteiger partial charge in [-0.1, -0.05) is 53.2 Å². The van der Waals surface area contributed by atoms with E-state index in [0.717, 1.165) is 64.2 Å². The summed E-state index contributed by atoms with van der Waals surface area (Å²) in [6.45, 7) is 19.3. The van der Waals surface area contributed by atoms with Gasteiger partial charge in [-0.15, -0.1) is 0 Å². The second kappa shape index (κ2) is 9.61. The standard InChI is InChI=1S/C34H56O4/c1-8-9-20-38-29(37)34-17-12-23(22(2)3)28(34)24-10-11-26-30(4)15-14-27(36)31(5,21-35)25(30)13-16-33(26,7)32(24,6)18-19-34/h23-28,35-36H,2,8-21H2,1,3-7H3/t23-,24?,25?,26?,27-,28?,30-,31-,32+,33+,34-/m0/s1. The maximum Gasteiger partial charge on any atom is 0.312 e. The SMILES string of the molecule is C=C(C)[C@@H]1CC[C@]2(C(=O)OCCCC)CC[C@]3(C)C(CCC4[C@@]5(C)CC[C@H](O)[C@@](C)(CO)C5CC[C@]43C)C12. The number of ether oxygens (including phenoxy) is 1. The van der Waals surface area contributed by atoms with E-state index in [-0.39, 0.29) is 34.2 Å². The van der Waals surface area contributed by atoms with E-state index in [4.69, 9.17) is 4.74 Å². The quantitative estimate of drug-likeness (QED) is 0.215. The zero-order chi connectivity index (χ0) is 27.7. The van der Waals surface area contributed by atoms with Crippen molar-refractivity contribution in [1.29, 1.82) is 0 Å². The summed E-state index contributed by atoms with van der Waals surface area (Å²) in [7, 11) is 0. The molecule has 0 amide bonds. The Kier molecular flexibility index (Phi) is 7.24. The number of hydrogen-bond acceptors (Lipinski definition) is 4. The number of esters is 1. The zero-order valence-electron chi connectivity index (χ0n) is 25.3. The Balaban J connectivity index is 1.51. The fourth-order valence-corrected chi connectivity index (χ4v) is 12.0. The number of allylic oxidation sites excluding steroid dienone is 1. The van der Waals surface area contributed by atoms with Crippen LogP contribution in [0.5, 0.6) is 0 Å². The number of aliphatic hydroxyl groups is 2. The van der Waals surface area contributed by atoms with Crippen molar-refractivity contribution in [2.75, 3.05) is 13.2 Å². The van der Waals surface area contributed by atoms with E-state index in [1.165, 1.54) is 18.4 Å². The van der Waals surface area contributed by atoms with E-state index in [9.17, 15) is 15.0 Å². The summed E-state index contributed by atoms with van der Waals surface area (Å²) in [4.78, 5) is 13.9. The third kappa shape index (κ3) is 3.63. The van der Waals surface area contributed by atoms with E-state index >= 15 is 0 Å². The van der Waals surface area contributed by atoms with E-state index in [2.05, 4.69) is 48.1 Å². The first-order valence-corrected chi connectivity index (χ1v) is 16.0. The van der Waals surface area contributed by atoms with Crippen molar-refractivity contribution in [1.82, 2.24) is 0 Å². The highest BCUT2D eigenvalue weighted by Crippen LogP contribution is 2.77. The highest BCUT2D eigenvalue weighted by molar-refractivity contribution is 5.78. The second-order valence-corrected chi connectivity index (χ2v) is 15.5. The summed E-state index contributed by atoms with van der Waals surface area (Å²) in [6, 6.07) is 0. The van der Waals surface area contributed by atoms with Crippen molar-refractivity contribution in [2.24, 2.45) is 56.7 Å². The number of unbranched alkanes of at least 4 members (excludes halogenated alkanes) is 1. The van der Waals surface area contributed by atoms with Gasteiger partial charge in [0.05, 0.1) is 24.7 Å². The molecular formula is C34H56O4. The highest BCUT2D eigenvalue weighted by Gasteiger charge is 2.72. The molecule has 0 aromatic rings. The van der Waals surface area contributed by atoms with Crippen LogP contribution in [0, 0.1) is 56.7 Å². The molecule has 38 heavy (non-hydrogen) atoms. The molecular weight excluding hydrogens is 472 g/mol. The van der Waals surface area contributed by atoms with Gasteiger partial charge < -0.3 is 14.9 Å². The average molecular weight is 529 g/mol. The molecule has 216 valence electrons. The predicted octanol–water partition coefficient (Wildman–Crippen LogP) is 7.32. The molecule has 4 unspecified atom stereocenters. The molecule has 0 spiro atoms. The Hall–Kier alpha value is -0.870. The number of hydrogen-bond donors (Lipinski definition) is 2. The molecule has 4 nitrogen and oxygen atoms in total. The van der Waals surface area contributed by atoms with Crippen LogP contribution in [0.3, 0.4) is 0 Å². The normalized spacial score (nSPS) is 51.8. The first kappa shape index (κ1) is 28.7. The van der Waals surface area contributed by atoms with Gasteiger partial charge in [-0.25, -0.2) is 0 Å². The summed E-state index contributed by atoms with van der Waals surface area (Å²) in [5.74, 6) is 2.29. The smallest absolute Gasteiger partial charge is 0.312 e. The molecule has 5 rings (SSSR count). The molecule has 4 heteroatoms. The summed E-state index contributed by atoms with van der Waals surface area (Å²) >= 11 is 0. The van der Waals surface area contributed by atoms with E-state index in [1.807, 2.05) is 0 Å². The lowest BCUT2D eigenvalue weighted by Gasteiger charge is -2.72. The molecule has 0 aromatic heterocycles. The lowest BCUT2D eigenvalue weighted by molar-refractivity contribution is -0.254. The summed E-state index contributed by atoms with van der Waals surface area (Å²) in [5.41, 5.74) is 1.01. The van der Waals surface area contributed by atoms with Crippen LogP contribution in [0.15, 0.2) is 12.2 Å². The number of fused-ring (bicyclic) bond motifs is 7. The molecule has 0 bridgehead atoms. The van der Waals surface area contributed by atoms with Gasteiger partial charge in [0.2, 0.25) is 0 Å². The minimum absolute atomic E-state index is 0.0722. The Morgan fingerprint density at radius 1 is 0.921 bits per heavy atom. The van der Waals surface area contributed by atoms with Crippen LogP contribution in [0.2, 0.25) is 0 Å². The van der Waals surface area contributed by atoms with Gasteiger partial charge in [0.25, 0.3) is 0 Å². The molecule has 0 saturated heterocycles. The van der Waals surface area contributed by atoms with Crippen LogP contribution in [0.25, 0.3) is 0 Å². The maximum atomic E-state index is 13.9. The van der Waals surface area contributed by atoms with Crippen LogP contribution in [0.4, 0.5) is 0 Å². The van der Waals surface area contributed by atoms with Gasteiger partial charge in [0, 0.05) is 5.41 Å².